The fraction of sp³-hybridized carbons (Fsp3) is 0.241. The van der Waals surface area contributed by atoms with Gasteiger partial charge in [0.2, 0.25) is 10.0 Å². The van der Waals surface area contributed by atoms with Crippen LogP contribution in [0.3, 0.4) is 0 Å². The predicted octanol–water partition coefficient (Wildman–Crippen LogP) is 6.23. The fourth-order valence-electron chi connectivity index (χ4n) is 4.70. The van der Waals surface area contributed by atoms with Gasteiger partial charge in [-0.15, -0.1) is 0 Å². The van der Waals surface area contributed by atoms with Gasteiger partial charge in [-0.05, 0) is 55.0 Å². The Labute approximate surface area is 236 Å². The van der Waals surface area contributed by atoms with E-state index in [1.54, 1.807) is 12.1 Å². The van der Waals surface area contributed by atoms with Crippen LogP contribution in [0.5, 0.6) is 0 Å². The number of rotatable bonds is 6. The summed E-state index contributed by atoms with van der Waals surface area (Å²) in [6.45, 7) is 2.76. The average molecular weight is 587 g/mol. The largest absolute Gasteiger partial charge is 0.416 e. The third-order valence-electron chi connectivity index (χ3n) is 6.86. The zero-order chi connectivity index (χ0) is 28.5. The van der Waals surface area contributed by atoms with Gasteiger partial charge in [0.05, 0.1) is 10.5 Å². The molecule has 1 aliphatic rings. The van der Waals surface area contributed by atoms with Gasteiger partial charge in [0, 0.05) is 54.4 Å². The lowest BCUT2D eigenvalue weighted by Gasteiger charge is -2.36. The van der Waals surface area contributed by atoms with Gasteiger partial charge in [-0.1, -0.05) is 48.0 Å². The number of piperazine rings is 1. The maximum atomic E-state index is 13.2. The second-order valence-electron chi connectivity index (χ2n) is 9.52. The van der Waals surface area contributed by atoms with Gasteiger partial charge in [-0.3, -0.25) is 0 Å². The number of hydrogen-bond acceptors (Lipinski definition) is 5. The number of alkyl halides is 3. The van der Waals surface area contributed by atoms with Crippen molar-refractivity contribution in [2.75, 3.05) is 31.1 Å². The first kappa shape index (κ1) is 28.1. The van der Waals surface area contributed by atoms with Crippen LogP contribution in [0.1, 0.15) is 22.4 Å². The molecule has 3 aromatic carbocycles. The Bertz CT molecular complexity index is 1610. The Balaban J connectivity index is 1.44. The molecule has 6 nitrogen and oxygen atoms in total. The zero-order valence-electron chi connectivity index (χ0n) is 21.6. The Kier molecular flexibility index (Phi) is 7.85. The lowest BCUT2D eigenvalue weighted by molar-refractivity contribution is -0.137. The first-order valence-electron chi connectivity index (χ1n) is 12.6. The van der Waals surface area contributed by atoms with Crippen LogP contribution in [-0.4, -0.2) is 48.9 Å². The van der Waals surface area contributed by atoms with E-state index in [0.717, 1.165) is 34.5 Å². The molecule has 0 unspecified atom stereocenters. The van der Waals surface area contributed by atoms with Crippen molar-refractivity contribution in [3.05, 3.63) is 106 Å². The third kappa shape index (κ3) is 5.99. The van der Waals surface area contributed by atoms with Crippen LogP contribution in [0.4, 0.5) is 19.0 Å². The van der Waals surface area contributed by atoms with E-state index >= 15 is 0 Å². The van der Waals surface area contributed by atoms with Gasteiger partial charge in [0.1, 0.15) is 5.82 Å². The lowest BCUT2D eigenvalue weighted by Crippen LogP contribution is -2.49. The van der Waals surface area contributed by atoms with Crippen molar-refractivity contribution in [3.8, 4) is 11.4 Å². The maximum Gasteiger partial charge on any atom is 0.416 e. The molecule has 208 valence electrons. The molecule has 0 amide bonds. The van der Waals surface area contributed by atoms with Crippen molar-refractivity contribution in [3.63, 3.8) is 0 Å². The van der Waals surface area contributed by atoms with Crippen molar-refractivity contribution >= 4 is 27.4 Å². The Morgan fingerprint density at radius 1 is 0.875 bits per heavy atom. The van der Waals surface area contributed by atoms with Crippen molar-refractivity contribution in [2.45, 2.75) is 24.4 Å². The summed E-state index contributed by atoms with van der Waals surface area (Å²) in [5.41, 5.74) is 2.62. The Hall–Kier alpha value is -3.47. The van der Waals surface area contributed by atoms with Gasteiger partial charge in [0.25, 0.3) is 0 Å². The van der Waals surface area contributed by atoms with Gasteiger partial charge >= 0.3 is 6.18 Å². The highest BCUT2D eigenvalue weighted by Gasteiger charge is 2.34. The summed E-state index contributed by atoms with van der Waals surface area (Å²) in [5.74, 6) is 1.23. The van der Waals surface area contributed by atoms with E-state index < -0.39 is 21.8 Å². The average Bonchev–Trinajstić information content (AvgIpc) is 2.95. The molecule has 40 heavy (non-hydrogen) atoms. The molecule has 1 fully saturated rings. The van der Waals surface area contributed by atoms with Crippen LogP contribution in [0.2, 0.25) is 5.02 Å². The molecule has 0 N–H and O–H groups in total. The molecule has 4 aromatic rings. The topological polar surface area (TPSA) is 66.4 Å². The summed E-state index contributed by atoms with van der Waals surface area (Å²) in [4.78, 5) is 11.3. The molecule has 11 heteroatoms. The summed E-state index contributed by atoms with van der Waals surface area (Å²) in [6, 6.07) is 21.0. The first-order chi connectivity index (χ1) is 19.0. The molecular formula is C29H26ClF3N4O2S. The number of benzene rings is 3. The fourth-order valence-corrected chi connectivity index (χ4v) is 6.29. The normalized spacial score (nSPS) is 14.9. The van der Waals surface area contributed by atoms with Gasteiger partial charge in [-0.2, -0.15) is 17.5 Å². The molecular weight excluding hydrogens is 561 g/mol. The molecule has 0 atom stereocenters. The number of halogens is 4. The maximum absolute atomic E-state index is 13.2. The van der Waals surface area contributed by atoms with E-state index in [1.807, 2.05) is 54.3 Å². The molecule has 1 saturated heterocycles. The smallest absolute Gasteiger partial charge is 0.354 e. The zero-order valence-corrected chi connectivity index (χ0v) is 23.1. The molecule has 5 rings (SSSR count). The molecule has 2 heterocycles. The van der Waals surface area contributed by atoms with Crippen LogP contribution in [0.25, 0.3) is 11.4 Å². The summed E-state index contributed by atoms with van der Waals surface area (Å²) in [7, 11) is -4.11. The van der Waals surface area contributed by atoms with Gasteiger partial charge < -0.3 is 4.90 Å². The molecule has 0 radical (unpaired) electrons. The van der Waals surface area contributed by atoms with Crippen molar-refractivity contribution in [2.24, 2.45) is 0 Å². The molecule has 1 aliphatic heterocycles. The van der Waals surface area contributed by atoms with Crippen LogP contribution >= 0.6 is 11.6 Å². The monoisotopic (exact) mass is 586 g/mol. The summed E-state index contributed by atoms with van der Waals surface area (Å²) in [5, 5.41) is 0.597. The number of aromatic nitrogens is 2. The number of sulfonamides is 1. The van der Waals surface area contributed by atoms with Crippen molar-refractivity contribution in [1.82, 2.24) is 14.3 Å². The highest BCUT2D eigenvalue weighted by atomic mass is 35.5. The van der Waals surface area contributed by atoms with Crippen molar-refractivity contribution < 1.29 is 21.6 Å². The van der Waals surface area contributed by atoms with Crippen molar-refractivity contribution in [1.29, 1.82) is 0 Å². The molecule has 0 saturated carbocycles. The highest BCUT2D eigenvalue weighted by molar-refractivity contribution is 7.89. The molecule has 0 bridgehead atoms. The standard InChI is InChI=1S/C29H26ClF3N4O2S/c1-20-26(18-21-6-3-2-4-7-21)28(35-27(34-20)22-10-12-24(30)13-11-22)36-14-16-37(17-15-36)40(38,39)25-9-5-8-23(19-25)29(31,32)33/h2-13,19H,14-18H2,1H3. The second kappa shape index (κ2) is 11.2. The minimum absolute atomic E-state index is 0.0999. The summed E-state index contributed by atoms with van der Waals surface area (Å²) in [6.07, 6.45) is -4.04. The van der Waals surface area contributed by atoms with Crippen LogP contribution in [-0.2, 0) is 22.6 Å². The third-order valence-corrected chi connectivity index (χ3v) is 9.00. The molecule has 0 aliphatic carbocycles. The van der Waals surface area contributed by atoms with E-state index in [0.29, 0.717) is 42.2 Å². The van der Waals surface area contributed by atoms with E-state index in [4.69, 9.17) is 21.6 Å². The molecule has 0 spiro atoms. The minimum atomic E-state index is -4.63. The number of hydrogen-bond donors (Lipinski definition) is 0. The summed E-state index contributed by atoms with van der Waals surface area (Å²) < 4.78 is 67.3. The van der Waals surface area contributed by atoms with Crippen LogP contribution < -0.4 is 4.90 Å². The summed E-state index contributed by atoms with van der Waals surface area (Å²) >= 11 is 6.07. The lowest BCUT2D eigenvalue weighted by atomic mass is 10.0. The van der Waals surface area contributed by atoms with Gasteiger partial charge in [0.15, 0.2) is 5.82 Å². The number of aryl methyl sites for hydroxylation is 1. The molecule has 1 aromatic heterocycles. The van der Waals surface area contributed by atoms with Gasteiger partial charge in [-0.25, -0.2) is 18.4 Å². The second-order valence-corrected chi connectivity index (χ2v) is 11.9. The Morgan fingerprint density at radius 2 is 1.55 bits per heavy atom. The number of anilines is 1. The Morgan fingerprint density at radius 3 is 2.20 bits per heavy atom. The number of nitrogens with zero attached hydrogens (tertiary/aromatic N) is 4. The van der Waals surface area contributed by atoms with Crippen LogP contribution in [0, 0.1) is 6.92 Å². The SMILES string of the molecule is Cc1nc(-c2ccc(Cl)cc2)nc(N2CCN(S(=O)(=O)c3cccc(C(F)(F)F)c3)CC2)c1Cc1ccccc1. The van der Waals surface area contributed by atoms with E-state index in [1.165, 1.54) is 10.4 Å². The minimum Gasteiger partial charge on any atom is -0.354 e. The first-order valence-corrected chi connectivity index (χ1v) is 14.4. The highest BCUT2D eigenvalue weighted by Crippen LogP contribution is 2.32. The van der Waals surface area contributed by atoms with E-state index in [2.05, 4.69) is 0 Å². The van der Waals surface area contributed by atoms with E-state index in [-0.39, 0.29) is 18.0 Å². The van der Waals surface area contributed by atoms with Crippen LogP contribution in [0.15, 0.2) is 83.8 Å². The van der Waals surface area contributed by atoms with E-state index in [9.17, 15) is 21.6 Å². The quantitative estimate of drug-likeness (QED) is 0.268. The predicted molar refractivity (Wildman–Crippen MR) is 149 cm³/mol.